The standard InChI is InChI=1S/C28H43N3O4/c1-28(2,3)35-27(33)20-9-11-21(12-10-20)31-26(32)25-24(19-7-5-4-6-8-19)17-23(18-30-25)34-22-13-15-29-16-14-22/h9-12,19,22-25,29-30H,4-8,13-18H2,1-3H3,(H,31,32)/t23-,24-,25-/m0/s1. The number of hydrogen-bond donors (Lipinski definition) is 3. The molecule has 0 radical (unpaired) electrons. The molecule has 0 aromatic heterocycles. The first kappa shape index (κ1) is 26.1. The van der Waals surface area contributed by atoms with Crippen LogP contribution >= 0.6 is 0 Å². The van der Waals surface area contributed by atoms with E-state index < -0.39 is 5.60 Å². The maximum atomic E-state index is 13.4. The summed E-state index contributed by atoms with van der Waals surface area (Å²) >= 11 is 0. The number of carbonyl (C=O) groups is 2. The van der Waals surface area contributed by atoms with E-state index in [-0.39, 0.29) is 29.9 Å². The van der Waals surface area contributed by atoms with Gasteiger partial charge in [0.2, 0.25) is 5.91 Å². The van der Waals surface area contributed by atoms with Crippen LogP contribution in [-0.2, 0) is 14.3 Å². The maximum absolute atomic E-state index is 13.4. The molecule has 2 aliphatic heterocycles. The van der Waals surface area contributed by atoms with Gasteiger partial charge in [-0.2, -0.15) is 0 Å². The summed E-state index contributed by atoms with van der Waals surface area (Å²) in [5.41, 5.74) is 0.631. The lowest BCUT2D eigenvalue weighted by Gasteiger charge is -2.42. The number of carbonyl (C=O) groups excluding carboxylic acids is 2. The number of anilines is 1. The Kier molecular flexibility index (Phi) is 8.84. The van der Waals surface area contributed by atoms with Crippen molar-refractivity contribution < 1.29 is 19.1 Å². The molecular weight excluding hydrogens is 442 g/mol. The number of amides is 1. The molecule has 1 aromatic carbocycles. The summed E-state index contributed by atoms with van der Waals surface area (Å²) < 4.78 is 11.9. The minimum Gasteiger partial charge on any atom is -0.456 e. The zero-order valence-corrected chi connectivity index (χ0v) is 21.6. The van der Waals surface area contributed by atoms with Crippen LogP contribution in [0.3, 0.4) is 0 Å². The van der Waals surface area contributed by atoms with Crippen molar-refractivity contribution in [3.63, 3.8) is 0 Å². The number of rotatable bonds is 6. The number of benzene rings is 1. The third kappa shape index (κ3) is 7.51. The molecule has 3 N–H and O–H groups in total. The maximum Gasteiger partial charge on any atom is 0.338 e. The minimum absolute atomic E-state index is 0.00547. The smallest absolute Gasteiger partial charge is 0.338 e. The van der Waals surface area contributed by atoms with Crippen LogP contribution in [0.15, 0.2) is 24.3 Å². The Morgan fingerprint density at radius 2 is 1.63 bits per heavy atom. The highest BCUT2D eigenvalue weighted by Crippen LogP contribution is 2.37. The van der Waals surface area contributed by atoms with E-state index in [1.807, 2.05) is 20.8 Å². The average Bonchev–Trinajstić information content (AvgIpc) is 2.84. The van der Waals surface area contributed by atoms with E-state index in [0.29, 0.717) is 29.8 Å². The summed E-state index contributed by atoms with van der Waals surface area (Å²) in [4.78, 5) is 25.7. The molecule has 194 valence electrons. The second kappa shape index (κ2) is 11.8. The molecule has 1 aliphatic carbocycles. The zero-order chi connectivity index (χ0) is 24.8. The Labute approximate surface area is 210 Å². The summed E-state index contributed by atoms with van der Waals surface area (Å²) in [6.45, 7) is 8.30. The topological polar surface area (TPSA) is 88.7 Å². The van der Waals surface area contributed by atoms with Crippen LogP contribution in [0.25, 0.3) is 0 Å². The van der Waals surface area contributed by atoms with E-state index in [2.05, 4.69) is 16.0 Å². The van der Waals surface area contributed by atoms with Gasteiger partial charge in [-0.15, -0.1) is 0 Å². The largest absolute Gasteiger partial charge is 0.456 e. The van der Waals surface area contributed by atoms with Crippen LogP contribution in [0.5, 0.6) is 0 Å². The third-order valence-corrected chi connectivity index (χ3v) is 7.52. The molecule has 1 aromatic rings. The highest BCUT2D eigenvalue weighted by molar-refractivity contribution is 5.96. The highest BCUT2D eigenvalue weighted by Gasteiger charge is 2.40. The van der Waals surface area contributed by atoms with Crippen LogP contribution in [0.2, 0.25) is 0 Å². The van der Waals surface area contributed by atoms with Crippen molar-refractivity contribution in [2.24, 2.45) is 11.8 Å². The summed E-state index contributed by atoms with van der Waals surface area (Å²) in [6, 6.07) is 6.74. The molecule has 4 rings (SSSR count). The van der Waals surface area contributed by atoms with Crippen LogP contribution in [0.1, 0.15) is 82.5 Å². The van der Waals surface area contributed by atoms with Gasteiger partial charge in [-0.3, -0.25) is 4.79 Å². The lowest BCUT2D eigenvalue weighted by Crippen LogP contribution is -2.56. The molecular formula is C28H43N3O4. The van der Waals surface area contributed by atoms with Gasteiger partial charge >= 0.3 is 5.97 Å². The Morgan fingerprint density at radius 1 is 0.943 bits per heavy atom. The van der Waals surface area contributed by atoms with Gasteiger partial charge in [0.1, 0.15) is 5.60 Å². The molecule has 2 heterocycles. The average molecular weight is 486 g/mol. The SMILES string of the molecule is CC(C)(C)OC(=O)c1ccc(NC(=O)[C@H]2NC[C@@H](OC3CCNCC3)C[C@H]2C2CCCCC2)cc1. The summed E-state index contributed by atoms with van der Waals surface area (Å²) in [5.74, 6) is 0.477. The van der Waals surface area contributed by atoms with Gasteiger partial charge in [0.15, 0.2) is 0 Å². The lowest BCUT2D eigenvalue weighted by atomic mass is 9.72. The second-order valence-electron chi connectivity index (χ2n) is 11.5. The number of esters is 1. The Morgan fingerprint density at radius 3 is 2.29 bits per heavy atom. The van der Waals surface area contributed by atoms with Gasteiger partial charge in [-0.1, -0.05) is 32.1 Å². The summed E-state index contributed by atoms with van der Waals surface area (Å²) in [5, 5.41) is 10.0. The normalized spacial score (nSPS) is 26.8. The number of hydrogen-bond acceptors (Lipinski definition) is 6. The molecule has 3 fully saturated rings. The molecule has 1 saturated carbocycles. The fraction of sp³-hybridized carbons (Fsp3) is 0.714. The van der Waals surface area contributed by atoms with E-state index in [4.69, 9.17) is 9.47 Å². The van der Waals surface area contributed by atoms with Crippen molar-refractivity contribution in [2.75, 3.05) is 25.0 Å². The summed E-state index contributed by atoms with van der Waals surface area (Å²) in [6.07, 6.45) is 9.75. The number of nitrogens with one attached hydrogen (secondary N) is 3. The van der Waals surface area contributed by atoms with E-state index >= 15 is 0 Å². The van der Waals surface area contributed by atoms with Crippen molar-refractivity contribution in [1.29, 1.82) is 0 Å². The van der Waals surface area contributed by atoms with Gasteiger partial charge in [-0.05, 0) is 89.2 Å². The molecule has 0 spiro atoms. The van der Waals surface area contributed by atoms with Gasteiger partial charge < -0.3 is 25.4 Å². The van der Waals surface area contributed by atoms with Gasteiger partial charge in [-0.25, -0.2) is 4.79 Å². The molecule has 1 amide bonds. The Hall–Kier alpha value is -1.96. The predicted molar refractivity (Wildman–Crippen MR) is 137 cm³/mol. The Bertz CT molecular complexity index is 839. The van der Waals surface area contributed by atoms with Gasteiger partial charge in [0.25, 0.3) is 0 Å². The van der Waals surface area contributed by atoms with Crippen LogP contribution in [0.4, 0.5) is 5.69 Å². The molecule has 35 heavy (non-hydrogen) atoms. The van der Waals surface area contributed by atoms with Crippen LogP contribution < -0.4 is 16.0 Å². The molecule has 7 heteroatoms. The number of ether oxygens (including phenoxy) is 2. The van der Waals surface area contributed by atoms with Crippen LogP contribution in [-0.4, -0.2) is 55.4 Å². The molecule has 7 nitrogen and oxygen atoms in total. The van der Waals surface area contributed by atoms with Crippen molar-refractivity contribution in [3.05, 3.63) is 29.8 Å². The fourth-order valence-electron chi connectivity index (χ4n) is 5.80. The molecule has 3 atom stereocenters. The van der Waals surface area contributed by atoms with Crippen LogP contribution in [0, 0.1) is 11.8 Å². The van der Waals surface area contributed by atoms with E-state index in [9.17, 15) is 9.59 Å². The number of piperidine rings is 2. The van der Waals surface area contributed by atoms with Gasteiger partial charge in [0.05, 0.1) is 23.8 Å². The second-order valence-corrected chi connectivity index (χ2v) is 11.5. The fourth-order valence-corrected chi connectivity index (χ4v) is 5.80. The monoisotopic (exact) mass is 485 g/mol. The van der Waals surface area contributed by atoms with Crippen molar-refractivity contribution in [3.8, 4) is 0 Å². The zero-order valence-electron chi connectivity index (χ0n) is 21.6. The predicted octanol–water partition coefficient (Wildman–Crippen LogP) is 4.28. The first-order valence-corrected chi connectivity index (χ1v) is 13.5. The van der Waals surface area contributed by atoms with Crippen molar-refractivity contribution in [1.82, 2.24) is 10.6 Å². The molecule has 2 saturated heterocycles. The van der Waals surface area contributed by atoms with Crippen molar-refractivity contribution >= 4 is 17.6 Å². The lowest BCUT2D eigenvalue weighted by molar-refractivity contribution is -0.123. The molecule has 0 unspecified atom stereocenters. The van der Waals surface area contributed by atoms with E-state index in [0.717, 1.165) is 32.4 Å². The highest BCUT2D eigenvalue weighted by atomic mass is 16.6. The van der Waals surface area contributed by atoms with E-state index in [1.165, 1.54) is 32.1 Å². The molecule has 0 bridgehead atoms. The quantitative estimate of drug-likeness (QED) is 0.522. The third-order valence-electron chi connectivity index (χ3n) is 7.52. The van der Waals surface area contributed by atoms with Gasteiger partial charge in [0, 0.05) is 12.2 Å². The molecule has 3 aliphatic rings. The van der Waals surface area contributed by atoms with Crippen molar-refractivity contribution in [2.45, 2.75) is 96.0 Å². The minimum atomic E-state index is -0.541. The van der Waals surface area contributed by atoms with E-state index in [1.54, 1.807) is 24.3 Å². The first-order chi connectivity index (χ1) is 16.8. The summed E-state index contributed by atoms with van der Waals surface area (Å²) in [7, 11) is 0. The Balaban J connectivity index is 1.39. The first-order valence-electron chi connectivity index (χ1n) is 13.5.